The average Bonchev–Trinajstić information content (AvgIpc) is 3.57. The number of halogens is 1. The molecule has 2 N–H and O–H groups in total. The second-order valence-electron chi connectivity index (χ2n) is 11.8. The van der Waals surface area contributed by atoms with Crippen LogP contribution in [-0.4, -0.2) is 88.1 Å². The zero-order valence-electron chi connectivity index (χ0n) is 25.3. The number of amides is 3. The molecule has 2 bridgehead atoms. The van der Waals surface area contributed by atoms with Gasteiger partial charge in [-0.15, -0.1) is 13.2 Å². The fraction of sp³-hybridized carbons (Fsp3) is 0.562. The van der Waals surface area contributed by atoms with Crippen LogP contribution in [0.25, 0.3) is 0 Å². The number of fused-ring (bicyclic) bond motifs is 1. The number of ether oxygens (including phenoxy) is 2. The van der Waals surface area contributed by atoms with Crippen LogP contribution < -0.4 is 10.2 Å². The maximum absolute atomic E-state index is 14.6. The van der Waals surface area contributed by atoms with Crippen LogP contribution in [0.15, 0.2) is 43.5 Å². The quantitative estimate of drug-likeness (QED) is 0.189. The largest absolute Gasteiger partial charge is 0.460 e. The van der Waals surface area contributed by atoms with Crippen LogP contribution >= 0.6 is 15.9 Å². The Bertz CT molecular complexity index is 1290. The molecule has 0 aromatic heterocycles. The summed E-state index contributed by atoms with van der Waals surface area (Å²) in [6, 6.07) is 4.02. The normalized spacial score (nSPS) is 28.7. The van der Waals surface area contributed by atoms with Crippen molar-refractivity contribution in [3.63, 3.8) is 0 Å². The van der Waals surface area contributed by atoms with Crippen molar-refractivity contribution in [2.75, 3.05) is 24.6 Å². The highest BCUT2D eigenvalue weighted by atomic mass is 79.9. The second-order valence-corrected chi connectivity index (χ2v) is 13.0. The molecule has 4 rings (SSSR count). The summed E-state index contributed by atoms with van der Waals surface area (Å²) in [4.78, 5) is 57.2. The van der Waals surface area contributed by atoms with Crippen LogP contribution in [0.4, 0.5) is 5.69 Å². The van der Waals surface area contributed by atoms with E-state index < -0.39 is 53.6 Å². The van der Waals surface area contributed by atoms with Gasteiger partial charge in [0.15, 0.2) is 0 Å². The number of carbonyl (C=O) groups is 4. The first-order chi connectivity index (χ1) is 20.4. The molecule has 1 aromatic carbocycles. The van der Waals surface area contributed by atoms with Gasteiger partial charge >= 0.3 is 5.97 Å². The number of aliphatic hydroxyl groups excluding tert-OH is 1. The maximum Gasteiger partial charge on any atom is 0.312 e. The predicted octanol–water partition coefficient (Wildman–Crippen LogP) is 2.97. The predicted molar refractivity (Wildman–Crippen MR) is 166 cm³/mol. The van der Waals surface area contributed by atoms with Gasteiger partial charge in [0.1, 0.15) is 17.7 Å². The molecule has 3 heterocycles. The number of hydrogen-bond acceptors (Lipinski definition) is 7. The first-order valence-electron chi connectivity index (χ1n) is 14.7. The molecule has 234 valence electrons. The van der Waals surface area contributed by atoms with Crippen LogP contribution in [0.5, 0.6) is 0 Å². The molecule has 11 heteroatoms. The molecule has 1 unspecified atom stereocenters. The zero-order chi connectivity index (χ0) is 31.6. The van der Waals surface area contributed by atoms with E-state index in [-0.39, 0.29) is 42.8 Å². The molecule has 8 atom stereocenters. The summed E-state index contributed by atoms with van der Waals surface area (Å²) in [5, 5.41) is 12.9. The van der Waals surface area contributed by atoms with E-state index in [4.69, 9.17) is 9.47 Å². The van der Waals surface area contributed by atoms with E-state index in [1.807, 2.05) is 32.0 Å². The molecule has 1 aromatic rings. The Morgan fingerprint density at radius 3 is 2.65 bits per heavy atom. The van der Waals surface area contributed by atoms with Crippen molar-refractivity contribution in [2.24, 2.45) is 11.8 Å². The molecule has 3 saturated heterocycles. The summed E-state index contributed by atoms with van der Waals surface area (Å²) >= 11 is 3.66. The highest BCUT2D eigenvalue weighted by molar-refractivity contribution is 9.09. The van der Waals surface area contributed by atoms with Crippen molar-refractivity contribution < 1.29 is 33.8 Å². The Kier molecular flexibility index (Phi) is 10.2. The lowest BCUT2D eigenvalue weighted by molar-refractivity contribution is -0.159. The van der Waals surface area contributed by atoms with Gasteiger partial charge in [-0.2, -0.15) is 0 Å². The van der Waals surface area contributed by atoms with Crippen LogP contribution in [0.3, 0.4) is 0 Å². The molecule has 3 amide bonds. The minimum absolute atomic E-state index is 0.114. The monoisotopic (exact) mass is 659 g/mol. The molecule has 3 aliphatic heterocycles. The molecule has 0 aliphatic carbocycles. The van der Waals surface area contributed by atoms with Gasteiger partial charge < -0.3 is 29.7 Å². The van der Waals surface area contributed by atoms with Crippen molar-refractivity contribution in [1.82, 2.24) is 10.2 Å². The highest BCUT2D eigenvalue weighted by Gasteiger charge is 2.77. The Morgan fingerprint density at radius 1 is 1.28 bits per heavy atom. The number of likely N-dealkylation sites (tertiary alicyclic amines) is 1. The number of nitrogens with one attached hydrogen (secondary N) is 1. The van der Waals surface area contributed by atoms with Gasteiger partial charge in [0.2, 0.25) is 11.8 Å². The molecule has 10 nitrogen and oxygen atoms in total. The van der Waals surface area contributed by atoms with Crippen molar-refractivity contribution in [3.05, 3.63) is 54.6 Å². The zero-order valence-corrected chi connectivity index (χ0v) is 26.8. The first kappa shape index (κ1) is 32.9. The van der Waals surface area contributed by atoms with Crippen molar-refractivity contribution >= 4 is 45.3 Å². The molecular weight excluding hydrogens is 618 g/mol. The smallest absolute Gasteiger partial charge is 0.312 e. The molecule has 3 fully saturated rings. The molecule has 1 spiro atoms. The number of aliphatic hydroxyl groups is 1. The van der Waals surface area contributed by atoms with Crippen molar-refractivity contribution in [3.8, 4) is 0 Å². The van der Waals surface area contributed by atoms with E-state index in [1.54, 1.807) is 30.9 Å². The van der Waals surface area contributed by atoms with Crippen LogP contribution in [-0.2, 0) is 28.7 Å². The number of allylic oxidation sites excluding steroid dienone is 1. The van der Waals surface area contributed by atoms with E-state index in [9.17, 15) is 24.3 Å². The number of hydrogen-bond donors (Lipinski definition) is 2. The Labute approximate surface area is 261 Å². The van der Waals surface area contributed by atoms with Gasteiger partial charge in [-0.05, 0) is 57.7 Å². The van der Waals surface area contributed by atoms with E-state index in [2.05, 4.69) is 34.4 Å². The number of esters is 1. The van der Waals surface area contributed by atoms with E-state index in [0.29, 0.717) is 18.5 Å². The fourth-order valence-corrected chi connectivity index (χ4v) is 7.61. The highest BCUT2D eigenvalue weighted by Crippen LogP contribution is 2.60. The number of aryl methyl sites for hydroxylation is 2. The minimum atomic E-state index is -1.31. The van der Waals surface area contributed by atoms with Gasteiger partial charge in [-0.25, -0.2) is 0 Å². The van der Waals surface area contributed by atoms with E-state index in [0.717, 1.165) is 11.1 Å². The number of rotatable bonds is 13. The van der Waals surface area contributed by atoms with Crippen LogP contribution in [0.1, 0.15) is 44.2 Å². The summed E-state index contributed by atoms with van der Waals surface area (Å²) in [5.74, 6) is -3.53. The summed E-state index contributed by atoms with van der Waals surface area (Å²) < 4.78 is 12.3. The summed E-state index contributed by atoms with van der Waals surface area (Å²) in [5.41, 5.74) is 1.23. The Balaban J connectivity index is 1.67. The first-order valence-corrected chi connectivity index (χ1v) is 15.7. The fourth-order valence-electron chi connectivity index (χ4n) is 6.67. The van der Waals surface area contributed by atoms with E-state index in [1.165, 1.54) is 4.90 Å². The summed E-state index contributed by atoms with van der Waals surface area (Å²) in [7, 11) is 0. The number of nitrogens with zero attached hydrogens (tertiary/aromatic N) is 2. The maximum atomic E-state index is 14.6. The van der Waals surface area contributed by atoms with Gasteiger partial charge in [0, 0.05) is 23.5 Å². The third kappa shape index (κ3) is 6.04. The average molecular weight is 661 g/mol. The summed E-state index contributed by atoms with van der Waals surface area (Å²) in [6.07, 6.45) is 3.09. The lowest BCUT2D eigenvalue weighted by Crippen LogP contribution is -2.59. The van der Waals surface area contributed by atoms with Gasteiger partial charge in [-0.1, -0.05) is 40.2 Å². The third-order valence-electron chi connectivity index (χ3n) is 8.68. The van der Waals surface area contributed by atoms with Crippen LogP contribution in [0.2, 0.25) is 0 Å². The second kappa shape index (κ2) is 13.3. The van der Waals surface area contributed by atoms with Gasteiger partial charge in [0.25, 0.3) is 5.91 Å². The number of carbonyl (C=O) groups excluding carboxylic acids is 4. The number of benzene rings is 1. The molecule has 0 radical (unpaired) electrons. The Hall–Kier alpha value is -3.02. The topological polar surface area (TPSA) is 125 Å². The lowest BCUT2D eigenvalue weighted by atomic mass is 9.70. The van der Waals surface area contributed by atoms with Gasteiger partial charge in [0.05, 0.1) is 37.1 Å². The number of anilines is 1. The third-order valence-corrected chi connectivity index (χ3v) is 9.53. The molecule has 43 heavy (non-hydrogen) atoms. The Morgan fingerprint density at radius 2 is 2.00 bits per heavy atom. The van der Waals surface area contributed by atoms with Gasteiger partial charge in [-0.3, -0.25) is 19.2 Å². The lowest BCUT2D eigenvalue weighted by Gasteiger charge is -2.39. The standard InChI is InChI=1S/C32H42BrN3O7/c1-7-9-10-24(38)34-16-21(6)42-31(41)25-26-29(39)36(20(5)17-37)28(32(26)15-22(33)27(25)43-32)30(40)35(13-8-2)23-14-18(3)11-12-19(23)4/h7-8,11-12,14,20-22,25-28,37H,1-2,9-10,13,15-17H2,3-6H3,(H,34,38)/t20-,21+,22?,25+,26-,27+,28+,32-/m1/s1. The molecular formula is C32H42BrN3O7. The minimum Gasteiger partial charge on any atom is -0.460 e. The molecule has 3 aliphatic rings. The summed E-state index contributed by atoms with van der Waals surface area (Å²) in [6.45, 7) is 14.6. The molecule has 0 saturated carbocycles. The number of alkyl halides is 1. The van der Waals surface area contributed by atoms with Crippen molar-refractivity contribution in [1.29, 1.82) is 0 Å². The van der Waals surface area contributed by atoms with Crippen LogP contribution in [0, 0.1) is 25.7 Å². The van der Waals surface area contributed by atoms with Crippen molar-refractivity contribution in [2.45, 2.75) is 81.7 Å². The van der Waals surface area contributed by atoms with E-state index >= 15 is 0 Å². The SMILES string of the molecule is C=CCCC(=O)NC[C@H](C)OC(=O)[C@@H]1[C@H]2O[C@@]3(CC2Br)[C@H](C(=O)N(CC=C)c2cc(C)ccc2C)N([C@H](C)CO)C(=O)[C@@H]13.